The zero-order valence-corrected chi connectivity index (χ0v) is 13.1. The van der Waals surface area contributed by atoms with E-state index in [1.165, 1.54) is 11.8 Å². The summed E-state index contributed by atoms with van der Waals surface area (Å²) in [5.74, 6) is 0.458. The second kappa shape index (κ2) is 9.23. The molecule has 0 aliphatic heterocycles. The first-order valence-corrected chi connectivity index (χ1v) is 7.90. The molecule has 0 radical (unpaired) electrons. The van der Waals surface area contributed by atoms with Crippen LogP contribution in [-0.4, -0.2) is 42.7 Å². The Balaban J connectivity index is 2.23. The fourth-order valence-electron chi connectivity index (χ4n) is 1.65. The molecule has 0 heterocycles. The summed E-state index contributed by atoms with van der Waals surface area (Å²) in [5, 5.41) is 3.62. The second-order valence-electron chi connectivity index (χ2n) is 4.10. The molecule has 0 fully saturated rings. The summed E-state index contributed by atoms with van der Waals surface area (Å²) in [4.78, 5) is 14.9. The van der Waals surface area contributed by atoms with Gasteiger partial charge >= 0.3 is 0 Å². The minimum atomic E-state index is 0.0528. The molecule has 5 heteroatoms. The van der Waals surface area contributed by atoms with Crippen molar-refractivity contribution in [2.75, 3.05) is 31.9 Å². The Morgan fingerprint density at radius 1 is 1.32 bits per heavy atom. The van der Waals surface area contributed by atoms with Crippen molar-refractivity contribution in [3.8, 4) is 0 Å². The fourth-order valence-corrected chi connectivity index (χ4v) is 2.72. The highest BCUT2D eigenvalue weighted by molar-refractivity contribution is 8.00. The Morgan fingerprint density at radius 3 is 2.63 bits per heavy atom. The largest absolute Gasteiger partial charge is 0.354 e. The van der Waals surface area contributed by atoms with E-state index in [-0.39, 0.29) is 5.91 Å². The van der Waals surface area contributed by atoms with Gasteiger partial charge in [-0.15, -0.1) is 11.8 Å². The number of amides is 1. The SMILES string of the molecule is CCN(CC)CCNC(=O)CSc1ccccc1Cl. The van der Waals surface area contributed by atoms with Crippen molar-refractivity contribution >= 4 is 29.3 Å². The molecule has 0 atom stereocenters. The predicted octanol–water partition coefficient (Wildman–Crippen LogP) is 2.89. The van der Waals surface area contributed by atoms with Crippen molar-refractivity contribution in [1.82, 2.24) is 10.2 Å². The molecule has 1 N–H and O–H groups in total. The summed E-state index contributed by atoms with van der Waals surface area (Å²) >= 11 is 7.50. The van der Waals surface area contributed by atoms with Crippen LogP contribution in [0.3, 0.4) is 0 Å². The molecule has 0 aliphatic rings. The highest BCUT2D eigenvalue weighted by atomic mass is 35.5. The Morgan fingerprint density at radius 2 is 2.00 bits per heavy atom. The number of nitrogens with one attached hydrogen (secondary N) is 1. The summed E-state index contributed by atoms with van der Waals surface area (Å²) < 4.78 is 0. The molecule has 1 aromatic rings. The molecule has 106 valence electrons. The lowest BCUT2D eigenvalue weighted by atomic mass is 10.4. The molecule has 3 nitrogen and oxygen atoms in total. The quantitative estimate of drug-likeness (QED) is 0.749. The van der Waals surface area contributed by atoms with Crippen LogP contribution in [0.1, 0.15) is 13.8 Å². The van der Waals surface area contributed by atoms with Gasteiger partial charge in [-0.05, 0) is 25.2 Å². The monoisotopic (exact) mass is 300 g/mol. The van der Waals surface area contributed by atoms with Crippen LogP contribution >= 0.6 is 23.4 Å². The molecule has 1 aromatic carbocycles. The Labute approximate surface area is 124 Å². The molecule has 0 bridgehead atoms. The maximum absolute atomic E-state index is 11.7. The van der Waals surface area contributed by atoms with Crippen molar-refractivity contribution in [3.05, 3.63) is 29.3 Å². The van der Waals surface area contributed by atoms with Crippen LogP contribution in [0.15, 0.2) is 29.2 Å². The second-order valence-corrected chi connectivity index (χ2v) is 5.52. The number of nitrogens with zero attached hydrogens (tertiary/aromatic N) is 1. The fraction of sp³-hybridized carbons (Fsp3) is 0.500. The van der Waals surface area contributed by atoms with Crippen molar-refractivity contribution in [1.29, 1.82) is 0 Å². The molecular formula is C14H21ClN2OS. The third kappa shape index (κ3) is 6.32. The standard InChI is InChI=1S/C14H21ClN2OS/c1-3-17(4-2)10-9-16-14(18)11-19-13-8-6-5-7-12(13)15/h5-8H,3-4,9-11H2,1-2H3,(H,16,18). The number of carbonyl (C=O) groups is 1. The summed E-state index contributed by atoms with van der Waals surface area (Å²) in [6.45, 7) is 7.87. The topological polar surface area (TPSA) is 32.3 Å². The van der Waals surface area contributed by atoms with E-state index in [1.54, 1.807) is 0 Å². The first kappa shape index (κ1) is 16.3. The molecule has 0 saturated carbocycles. The van der Waals surface area contributed by atoms with Gasteiger partial charge in [0.25, 0.3) is 0 Å². The van der Waals surface area contributed by atoms with Crippen molar-refractivity contribution < 1.29 is 4.79 Å². The lowest BCUT2D eigenvalue weighted by molar-refractivity contribution is -0.118. The van der Waals surface area contributed by atoms with Crippen molar-refractivity contribution in [3.63, 3.8) is 0 Å². The minimum absolute atomic E-state index is 0.0528. The zero-order valence-electron chi connectivity index (χ0n) is 11.5. The van der Waals surface area contributed by atoms with Gasteiger partial charge in [0, 0.05) is 18.0 Å². The molecule has 0 aliphatic carbocycles. The van der Waals surface area contributed by atoms with Crippen molar-refractivity contribution in [2.45, 2.75) is 18.7 Å². The Hall–Kier alpha value is -0.710. The zero-order chi connectivity index (χ0) is 14.1. The van der Waals surface area contributed by atoms with Gasteiger partial charge in [0.2, 0.25) is 5.91 Å². The van der Waals surface area contributed by atoms with Gasteiger partial charge in [-0.2, -0.15) is 0 Å². The van der Waals surface area contributed by atoms with Gasteiger partial charge in [-0.1, -0.05) is 37.6 Å². The van der Waals surface area contributed by atoms with Gasteiger partial charge in [0.05, 0.1) is 10.8 Å². The lowest BCUT2D eigenvalue weighted by Crippen LogP contribution is -2.35. The number of carbonyl (C=O) groups excluding carboxylic acids is 1. The van der Waals surface area contributed by atoms with E-state index in [0.717, 1.165) is 24.5 Å². The smallest absolute Gasteiger partial charge is 0.230 e. The Bertz CT molecular complexity index is 397. The molecular weight excluding hydrogens is 280 g/mol. The first-order chi connectivity index (χ1) is 9.17. The average Bonchev–Trinajstić information content (AvgIpc) is 2.43. The van der Waals surface area contributed by atoms with Crippen LogP contribution in [0, 0.1) is 0 Å². The maximum Gasteiger partial charge on any atom is 0.230 e. The molecule has 0 aromatic heterocycles. The van der Waals surface area contributed by atoms with Gasteiger partial charge in [-0.25, -0.2) is 0 Å². The molecule has 19 heavy (non-hydrogen) atoms. The van der Waals surface area contributed by atoms with Crippen LogP contribution in [0.4, 0.5) is 0 Å². The van der Waals surface area contributed by atoms with E-state index in [4.69, 9.17) is 11.6 Å². The molecule has 0 saturated heterocycles. The highest BCUT2D eigenvalue weighted by Gasteiger charge is 2.05. The third-order valence-corrected chi connectivity index (χ3v) is 4.36. The number of rotatable bonds is 8. The van der Waals surface area contributed by atoms with Gasteiger partial charge in [0.15, 0.2) is 0 Å². The number of likely N-dealkylation sites (N-methyl/N-ethyl adjacent to an activating group) is 1. The first-order valence-electron chi connectivity index (χ1n) is 6.53. The van der Waals surface area contributed by atoms with E-state index in [0.29, 0.717) is 17.3 Å². The molecule has 0 unspecified atom stereocenters. The molecule has 1 amide bonds. The van der Waals surface area contributed by atoms with Gasteiger partial charge < -0.3 is 10.2 Å². The van der Waals surface area contributed by atoms with Crippen LogP contribution in [-0.2, 0) is 4.79 Å². The molecule has 0 spiro atoms. The van der Waals surface area contributed by atoms with Crippen LogP contribution < -0.4 is 5.32 Å². The van der Waals surface area contributed by atoms with Crippen LogP contribution in [0.25, 0.3) is 0 Å². The van der Waals surface area contributed by atoms with E-state index in [9.17, 15) is 4.79 Å². The van der Waals surface area contributed by atoms with Crippen molar-refractivity contribution in [2.24, 2.45) is 0 Å². The summed E-state index contributed by atoms with van der Waals surface area (Å²) in [6, 6.07) is 7.57. The van der Waals surface area contributed by atoms with E-state index >= 15 is 0 Å². The maximum atomic E-state index is 11.7. The highest BCUT2D eigenvalue weighted by Crippen LogP contribution is 2.26. The van der Waals surface area contributed by atoms with E-state index in [1.807, 2.05) is 24.3 Å². The van der Waals surface area contributed by atoms with Crippen LogP contribution in [0.2, 0.25) is 5.02 Å². The van der Waals surface area contributed by atoms with E-state index < -0.39 is 0 Å². The van der Waals surface area contributed by atoms with Gasteiger partial charge in [-0.3, -0.25) is 4.79 Å². The number of halogens is 1. The summed E-state index contributed by atoms with van der Waals surface area (Å²) in [5.41, 5.74) is 0. The number of thioether (sulfide) groups is 1. The van der Waals surface area contributed by atoms with Gasteiger partial charge in [0.1, 0.15) is 0 Å². The normalized spacial score (nSPS) is 10.7. The predicted molar refractivity (Wildman–Crippen MR) is 83.0 cm³/mol. The number of benzene rings is 1. The Kier molecular flexibility index (Phi) is 7.94. The number of hydrogen-bond donors (Lipinski definition) is 1. The van der Waals surface area contributed by atoms with Crippen LogP contribution in [0.5, 0.6) is 0 Å². The summed E-state index contributed by atoms with van der Waals surface area (Å²) in [7, 11) is 0. The minimum Gasteiger partial charge on any atom is -0.354 e. The number of hydrogen-bond acceptors (Lipinski definition) is 3. The third-order valence-electron chi connectivity index (χ3n) is 2.84. The lowest BCUT2D eigenvalue weighted by Gasteiger charge is -2.17. The average molecular weight is 301 g/mol. The molecule has 1 rings (SSSR count). The summed E-state index contributed by atoms with van der Waals surface area (Å²) in [6.07, 6.45) is 0. The van der Waals surface area contributed by atoms with E-state index in [2.05, 4.69) is 24.1 Å².